The summed E-state index contributed by atoms with van der Waals surface area (Å²) in [6, 6.07) is 5.20. The zero-order chi connectivity index (χ0) is 29.4. The van der Waals surface area contributed by atoms with E-state index in [4.69, 9.17) is 0 Å². The average molecular weight is 570 g/mol. The second kappa shape index (κ2) is 10.9. The van der Waals surface area contributed by atoms with Gasteiger partial charge in [-0.25, -0.2) is 14.4 Å². The van der Waals surface area contributed by atoms with Gasteiger partial charge < -0.3 is 9.88 Å². The molecule has 2 saturated heterocycles. The summed E-state index contributed by atoms with van der Waals surface area (Å²) >= 11 is 0. The van der Waals surface area contributed by atoms with E-state index in [0.29, 0.717) is 37.5 Å². The summed E-state index contributed by atoms with van der Waals surface area (Å²) in [5.74, 6) is -1.84. The van der Waals surface area contributed by atoms with E-state index in [2.05, 4.69) is 42.7 Å². The van der Waals surface area contributed by atoms with Crippen LogP contribution >= 0.6 is 0 Å². The van der Waals surface area contributed by atoms with E-state index >= 15 is 0 Å². The highest BCUT2D eigenvalue weighted by molar-refractivity contribution is 6.15. The van der Waals surface area contributed by atoms with Gasteiger partial charge in [-0.05, 0) is 31.7 Å². The minimum Gasteiger partial charge on any atom is -0.346 e. The van der Waals surface area contributed by atoms with Crippen LogP contribution in [0, 0.1) is 17.1 Å². The standard InChI is InChI=1S/C27H27F4N9O/c1-33-22(20-4-10-36-24(20)34-2)17-13-37-40(14-17)26(7-8-32)15-39(16-26)18-5-11-38(12-6-18)25(41)19-3-9-35-23(21(19)28)27(29,30)31/h3-4,9-10,13-14,18,36H,2,5-7,11-12,15-16H2,1H3. The molecule has 10 nitrogen and oxygen atoms in total. The summed E-state index contributed by atoms with van der Waals surface area (Å²) in [7, 11) is 1.68. The lowest BCUT2D eigenvalue weighted by Crippen LogP contribution is -2.66. The lowest BCUT2D eigenvalue weighted by Gasteiger charge is -2.53. The van der Waals surface area contributed by atoms with Crippen molar-refractivity contribution in [3.05, 3.63) is 65.1 Å². The zero-order valence-corrected chi connectivity index (χ0v) is 22.2. The number of carbonyl (C=O) groups excluding carboxylic acids is 1. The number of alkyl halides is 3. The SMILES string of the molecule is C=Nc1[nH]ccc1C(=NC)c1cnn(C2(CC#N)CN(C3CCN(C(=O)c4ccnc(C(F)(F)F)c4F)CC3)C2)c1. The third-order valence-corrected chi connectivity index (χ3v) is 7.76. The van der Waals surface area contributed by atoms with Gasteiger partial charge >= 0.3 is 6.18 Å². The number of aromatic nitrogens is 4. The number of piperidine rings is 1. The van der Waals surface area contributed by atoms with Crippen molar-refractivity contribution in [3.63, 3.8) is 0 Å². The molecule has 2 aliphatic heterocycles. The summed E-state index contributed by atoms with van der Waals surface area (Å²) in [5.41, 5.74) is -0.621. The van der Waals surface area contributed by atoms with Gasteiger partial charge in [-0.3, -0.25) is 19.4 Å². The highest BCUT2D eigenvalue weighted by Gasteiger charge is 2.48. The van der Waals surface area contributed by atoms with Gasteiger partial charge in [-0.1, -0.05) is 0 Å². The highest BCUT2D eigenvalue weighted by Crippen LogP contribution is 2.37. The maximum atomic E-state index is 14.5. The van der Waals surface area contributed by atoms with Gasteiger partial charge in [-0.15, -0.1) is 0 Å². The predicted molar refractivity (Wildman–Crippen MR) is 142 cm³/mol. The number of carbonyl (C=O) groups is 1. The number of aliphatic imine (C=N–C) groups is 2. The summed E-state index contributed by atoms with van der Waals surface area (Å²) < 4.78 is 55.4. The minimum absolute atomic E-state index is 0.0998. The van der Waals surface area contributed by atoms with Crippen LogP contribution in [0.15, 0.2) is 46.9 Å². The maximum absolute atomic E-state index is 14.5. The van der Waals surface area contributed by atoms with Crippen LogP contribution in [0.3, 0.4) is 0 Å². The first kappa shape index (κ1) is 28.2. The number of aromatic amines is 1. The fourth-order valence-electron chi connectivity index (χ4n) is 5.66. The van der Waals surface area contributed by atoms with Crippen molar-refractivity contribution in [1.82, 2.24) is 29.5 Å². The Morgan fingerprint density at radius 2 is 2.00 bits per heavy atom. The van der Waals surface area contributed by atoms with E-state index in [1.165, 1.54) is 4.90 Å². The lowest BCUT2D eigenvalue weighted by atomic mass is 9.83. The van der Waals surface area contributed by atoms with E-state index in [-0.39, 0.29) is 25.6 Å². The van der Waals surface area contributed by atoms with Crippen molar-refractivity contribution in [2.24, 2.45) is 9.98 Å². The van der Waals surface area contributed by atoms with Crippen LogP contribution in [0.2, 0.25) is 0 Å². The molecule has 0 saturated carbocycles. The highest BCUT2D eigenvalue weighted by atomic mass is 19.4. The smallest absolute Gasteiger partial charge is 0.346 e. The number of likely N-dealkylation sites (tertiary alicyclic amines) is 2. The number of hydrogen-bond acceptors (Lipinski definition) is 7. The van der Waals surface area contributed by atoms with Crippen molar-refractivity contribution in [2.75, 3.05) is 33.2 Å². The first-order valence-electron chi connectivity index (χ1n) is 12.9. The third kappa shape index (κ3) is 5.13. The van der Waals surface area contributed by atoms with Crippen molar-refractivity contribution < 1.29 is 22.4 Å². The van der Waals surface area contributed by atoms with Gasteiger partial charge in [0.1, 0.15) is 11.4 Å². The van der Waals surface area contributed by atoms with Gasteiger partial charge in [0.05, 0.1) is 30.0 Å². The van der Waals surface area contributed by atoms with Crippen LogP contribution in [0.4, 0.5) is 23.4 Å². The van der Waals surface area contributed by atoms with Crippen molar-refractivity contribution in [3.8, 4) is 6.07 Å². The molecule has 0 bridgehead atoms. The van der Waals surface area contributed by atoms with E-state index in [0.717, 1.165) is 23.4 Å². The summed E-state index contributed by atoms with van der Waals surface area (Å²) in [6.45, 7) is 5.26. The minimum atomic E-state index is -4.99. The molecule has 1 N–H and O–H groups in total. The Morgan fingerprint density at radius 3 is 2.63 bits per heavy atom. The molecule has 0 radical (unpaired) electrons. The van der Waals surface area contributed by atoms with Gasteiger partial charge in [0.2, 0.25) is 0 Å². The quantitative estimate of drug-likeness (QED) is 0.343. The number of nitrogens with zero attached hydrogens (tertiary/aromatic N) is 8. The predicted octanol–water partition coefficient (Wildman–Crippen LogP) is 3.79. The zero-order valence-electron chi connectivity index (χ0n) is 22.2. The number of nitriles is 1. The molecule has 3 aromatic rings. The van der Waals surface area contributed by atoms with Gasteiger partial charge in [0, 0.05) is 69.0 Å². The van der Waals surface area contributed by atoms with E-state index in [1.807, 2.05) is 16.9 Å². The van der Waals surface area contributed by atoms with Crippen LogP contribution in [-0.4, -0.2) is 87.2 Å². The Kier molecular flexibility index (Phi) is 7.48. The second-order valence-corrected chi connectivity index (χ2v) is 10.2. The number of pyridine rings is 1. The monoisotopic (exact) mass is 569 g/mol. The second-order valence-electron chi connectivity index (χ2n) is 10.2. The maximum Gasteiger partial charge on any atom is 0.436 e. The Labute approximate surface area is 233 Å². The molecule has 1 amide bonds. The summed E-state index contributed by atoms with van der Waals surface area (Å²) in [6.07, 6.45) is 2.51. The number of hydrogen-bond donors (Lipinski definition) is 1. The number of rotatable bonds is 7. The molecule has 3 aromatic heterocycles. The fourth-order valence-corrected chi connectivity index (χ4v) is 5.66. The van der Waals surface area contributed by atoms with Crippen molar-refractivity contribution in [1.29, 1.82) is 5.26 Å². The van der Waals surface area contributed by atoms with Crippen LogP contribution < -0.4 is 0 Å². The molecule has 41 heavy (non-hydrogen) atoms. The molecule has 14 heteroatoms. The molecular weight excluding hydrogens is 542 g/mol. The van der Waals surface area contributed by atoms with Crippen LogP contribution in [0.25, 0.3) is 0 Å². The van der Waals surface area contributed by atoms with Crippen molar-refractivity contribution >= 4 is 24.2 Å². The van der Waals surface area contributed by atoms with Gasteiger partial charge in [-0.2, -0.15) is 23.5 Å². The number of nitrogens with one attached hydrogen (secondary N) is 1. The molecule has 0 aromatic carbocycles. The van der Waals surface area contributed by atoms with Crippen LogP contribution in [-0.2, 0) is 11.7 Å². The Morgan fingerprint density at radius 1 is 1.27 bits per heavy atom. The van der Waals surface area contributed by atoms with E-state index in [1.54, 1.807) is 19.4 Å². The lowest BCUT2D eigenvalue weighted by molar-refractivity contribution is -0.143. The normalized spacial score (nSPS) is 18.1. The van der Waals surface area contributed by atoms with Crippen LogP contribution in [0.1, 0.15) is 46.4 Å². The van der Waals surface area contributed by atoms with E-state index in [9.17, 15) is 27.6 Å². The Bertz CT molecular complexity index is 1520. The largest absolute Gasteiger partial charge is 0.436 e. The molecule has 5 heterocycles. The molecule has 2 fully saturated rings. The summed E-state index contributed by atoms with van der Waals surface area (Å²) in [4.78, 5) is 30.9. The van der Waals surface area contributed by atoms with Gasteiger partial charge in [0.25, 0.3) is 5.91 Å². The van der Waals surface area contributed by atoms with E-state index < -0.39 is 34.7 Å². The third-order valence-electron chi connectivity index (χ3n) is 7.76. The topological polar surface area (TPSA) is 119 Å². The number of amides is 1. The molecule has 2 aliphatic rings. The first-order valence-corrected chi connectivity index (χ1v) is 12.9. The van der Waals surface area contributed by atoms with Crippen molar-refractivity contribution in [2.45, 2.75) is 37.0 Å². The first-order chi connectivity index (χ1) is 19.6. The average Bonchev–Trinajstić information content (AvgIpc) is 3.61. The fraction of sp³-hybridized carbons (Fsp3) is 0.407. The summed E-state index contributed by atoms with van der Waals surface area (Å²) in [5, 5.41) is 14.2. The Balaban J connectivity index is 1.24. The molecular formula is C27H27F4N9O. The molecule has 0 aliphatic carbocycles. The molecule has 0 atom stereocenters. The molecule has 0 unspecified atom stereocenters. The Hall–Kier alpha value is -4.38. The van der Waals surface area contributed by atoms with Gasteiger partial charge in [0.15, 0.2) is 11.5 Å². The number of halogens is 4. The molecule has 214 valence electrons. The molecule has 5 rings (SSSR count). The van der Waals surface area contributed by atoms with Crippen LogP contribution in [0.5, 0.6) is 0 Å². The number of H-pyrrole nitrogens is 1. The molecule has 0 spiro atoms.